The Morgan fingerprint density at radius 1 is 0.917 bits per heavy atom. The summed E-state index contributed by atoms with van der Waals surface area (Å²) in [5.41, 5.74) is 1.91. The fraction of sp³-hybridized carbons (Fsp3) is 0.105. The molecule has 122 valence electrons. The van der Waals surface area contributed by atoms with Crippen LogP contribution in [-0.2, 0) is 9.59 Å². The molecule has 5 heteroatoms. The Hall–Kier alpha value is -3.21. The van der Waals surface area contributed by atoms with Crippen LogP contribution in [0.5, 0.6) is 0 Å². The van der Waals surface area contributed by atoms with Crippen LogP contribution in [0.1, 0.15) is 28.8 Å². The number of carbonyl (C=O) groups is 3. The standard InChI is InChI=1S/C19H17NO4/c21-17(11-13-19(23)24)15-7-9-16(10-8-15)20-18(22)12-6-14-4-2-1-3-5-14/h1-10,12H,11,13H2,(H,20,22)(H,23,24)/b12-6+. The Morgan fingerprint density at radius 2 is 1.58 bits per heavy atom. The summed E-state index contributed by atoms with van der Waals surface area (Å²) >= 11 is 0. The molecule has 0 bridgehead atoms. The van der Waals surface area contributed by atoms with Gasteiger partial charge >= 0.3 is 5.97 Å². The van der Waals surface area contributed by atoms with Gasteiger partial charge in [-0.05, 0) is 35.9 Å². The summed E-state index contributed by atoms with van der Waals surface area (Å²) < 4.78 is 0. The first-order valence-corrected chi connectivity index (χ1v) is 7.44. The number of benzene rings is 2. The van der Waals surface area contributed by atoms with Crippen molar-refractivity contribution in [1.29, 1.82) is 0 Å². The van der Waals surface area contributed by atoms with Gasteiger partial charge in [0, 0.05) is 23.7 Å². The maximum atomic E-state index is 11.9. The van der Waals surface area contributed by atoms with E-state index in [1.165, 1.54) is 6.08 Å². The average molecular weight is 323 g/mol. The minimum absolute atomic E-state index is 0.0408. The van der Waals surface area contributed by atoms with Crippen molar-refractivity contribution in [2.24, 2.45) is 0 Å². The molecule has 0 spiro atoms. The summed E-state index contributed by atoms with van der Waals surface area (Å²) in [5, 5.41) is 11.3. The van der Waals surface area contributed by atoms with Gasteiger partial charge in [-0.1, -0.05) is 30.3 Å². The lowest BCUT2D eigenvalue weighted by molar-refractivity contribution is -0.137. The van der Waals surface area contributed by atoms with Crippen molar-refractivity contribution in [3.63, 3.8) is 0 Å². The van der Waals surface area contributed by atoms with Gasteiger partial charge in [0.25, 0.3) is 0 Å². The van der Waals surface area contributed by atoms with Crippen molar-refractivity contribution in [3.8, 4) is 0 Å². The first-order valence-electron chi connectivity index (χ1n) is 7.44. The van der Waals surface area contributed by atoms with E-state index in [-0.39, 0.29) is 24.5 Å². The number of rotatable bonds is 7. The highest BCUT2D eigenvalue weighted by Crippen LogP contribution is 2.12. The molecule has 0 atom stereocenters. The summed E-state index contributed by atoms with van der Waals surface area (Å²) in [4.78, 5) is 34.1. The fourth-order valence-electron chi connectivity index (χ4n) is 2.02. The maximum absolute atomic E-state index is 11.9. The lowest BCUT2D eigenvalue weighted by atomic mass is 10.1. The third-order valence-electron chi connectivity index (χ3n) is 3.27. The van der Waals surface area contributed by atoms with E-state index in [0.29, 0.717) is 11.3 Å². The number of amides is 1. The zero-order valence-corrected chi connectivity index (χ0v) is 12.9. The molecular formula is C19H17NO4. The zero-order chi connectivity index (χ0) is 17.4. The molecular weight excluding hydrogens is 306 g/mol. The largest absolute Gasteiger partial charge is 0.481 e. The zero-order valence-electron chi connectivity index (χ0n) is 12.9. The average Bonchev–Trinajstić information content (AvgIpc) is 2.59. The molecule has 0 aromatic heterocycles. The van der Waals surface area contributed by atoms with E-state index in [9.17, 15) is 14.4 Å². The van der Waals surface area contributed by atoms with Crippen molar-refractivity contribution in [3.05, 3.63) is 71.8 Å². The van der Waals surface area contributed by atoms with E-state index in [1.807, 2.05) is 30.3 Å². The minimum atomic E-state index is -1.00. The molecule has 0 aliphatic heterocycles. The summed E-state index contributed by atoms with van der Waals surface area (Å²) in [5.74, 6) is -1.51. The van der Waals surface area contributed by atoms with Gasteiger partial charge in [-0.2, -0.15) is 0 Å². The highest BCUT2D eigenvalue weighted by molar-refractivity contribution is 6.02. The van der Waals surface area contributed by atoms with Crippen LogP contribution in [-0.4, -0.2) is 22.8 Å². The number of nitrogens with one attached hydrogen (secondary N) is 1. The number of hydrogen-bond donors (Lipinski definition) is 2. The van der Waals surface area contributed by atoms with Gasteiger partial charge in [-0.15, -0.1) is 0 Å². The van der Waals surface area contributed by atoms with Crippen LogP contribution in [0.25, 0.3) is 6.08 Å². The van der Waals surface area contributed by atoms with Gasteiger partial charge < -0.3 is 10.4 Å². The molecule has 0 radical (unpaired) electrons. The highest BCUT2D eigenvalue weighted by atomic mass is 16.4. The van der Waals surface area contributed by atoms with Crippen LogP contribution in [0.3, 0.4) is 0 Å². The monoisotopic (exact) mass is 323 g/mol. The summed E-state index contributed by atoms with van der Waals surface area (Å²) in [7, 11) is 0. The van der Waals surface area contributed by atoms with Crippen molar-refractivity contribution in [2.45, 2.75) is 12.8 Å². The molecule has 5 nitrogen and oxygen atoms in total. The van der Waals surface area contributed by atoms with Gasteiger partial charge in [-0.3, -0.25) is 14.4 Å². The first-order chi connectivity index (χ1) is 11.5. The predicted octanol–water partition coefficient (Wildman–Crippen LogP) is 3.39. The molecule has 2 aromatic rings. The number of carboxylic acid groups (broad SMARTS) is 1. The van der Waals surface area contributed by atoms with Crippen molar-refractivity contribution in [2.75, 3.05) is 5.32 Å². The maximum Gasteiger partial charge on any atom is 0.303 e. The Kier molecular flexibility index (Phi) is 6.02. The quantitative estimate of drug-likeness (QED) is 0.604. The number of hydrogen-bond acceptors (Lipinski definition) is 3. The Bertz CT molecular complexity index is 749. The number of Topliss-reactive ketones (excluding diaryl/α,β-unsaturated/α-hetero) is 1. The molecule has 2 N–H and O–H groups in total. The third-order valence-corrected chi connectivity index (χ3v) is 3.27. The van der Waals surface area contributed by atoms with Crippen molar-refractivity contribution < 1.29 is 19.5 Å². The molecule has 24 heavy (non-hydrogen) atoms. The SMILES string of the molecule is O=C(O)CCC(=O)c1ccc(NC(=O)/C=C/c2ccccc2)cc1. The minimum Gasteiger partial charge on any atom is -0.481 e. The molecule has 0 fully saturated rings. The van der Waals surface area contributed by atoms with Gasteiger partial charge in [-0.25, -0.2) is 0 Å². The molecule has 0 saturated carbocycles. The van der Waals surface area contributed by atoms with Crippen LogP contribution in [0.4, 0.5) is 5.69 Å². The van der Waals surface area contributed by atoms with Gasteiger partial charge in [0.2, 0.25) is 5.91 Å². The number of carboxylic acids is 1. The molecule has 0 saturated heterocycles. The molecule has 2 rings (SSSR count). The number of anilines is 1. The molecule has 0 heterocycles. The predicted molar refractivity (Wildman–Crippen MR) is 91.7 cm³/mol. The molecule has 0 aliphatic rings. The molecule has 1 amide bonds. The summed E-state index contributed by atoms with van der Waals surface area (Å²) in [6.07, 6.45) is 2.91. The Labute approximate surface area is 139 Å². The van der Waals surface area contributed by atoms with E-state index in [4.69, 9.17) is 5.11 Å². The lowest BCUT2D eigenvalue weighted by Gasteiger charge is -2.04. The molecule has 0 unspecified atom stereocenters. The molecule has 2 aromatic carbocycles. The van der Waals surface area contributed by atoms with Crippen LogP contribution in [0.15, 0.2) is 60.7 Å². The Balaban J connectivity index is 1.91. The highest BCUT2D eigenvalue weighted by Gasteiger charge is 2.08. The van der Waals surface area contributed by atoms with Crippen LogP contribution >= 0.6 is 0 Å². The summed E-state index contributed by atoms with van der Waals surface area (Å²) in [6, 6.07) is 15.8. The lowest BCUT2D eigenvalue weighted by Crippen LogP contribution is -2.08. The van der Waals surface area contributed by atoms with Crippen molar-refractivity contribution in [1.82, 2.24) is 0 Å². The number of carbonyl (C=O) groups excluding carboxylic acids is 2. The van der Waals surface area contributed by atoms with E-state index >= 15 is 0 Å². The van der Waals surface area contributed by atoms with Crippen LogP contribution in [0.2, 0.25) is 0 Å². The van der Waals surface area contributed by atoms with Crippen LogP contribution < -0.4 is 5.32 Å². The van der Waals surface area contributed by atoms with Gasteiger partial charge in [0.1, 0.15) is 0 Å². The van der Waals surface area contributed by atoms with Crippen molar-refractivity contribution >= 4 is 29.4 Å². The van der Waals surface area contributed by atoms with Gasteiger partial charge in [0.05, 0.1) is 6.42 Å². The van der Waals surface area contributed by atoms with E-state index in [2.05, 4.69) is 5.32 Å². The van der Waals surface area contributed by atoms with Gasteiger partial charge in [0.15, 0.2) is 5.78 Å². The van der Waals surface area contributed by atoms with E-state index < -0.39 is 5.97 Å². The van der Waals surface area contributed by atoms with E-state index in [0.717, 1.165) is 5.56 Å². The summed E-state index contributed by atoms with van der Waals surface area (Å²) in [6.45, 7) is 0. The second kappa shape index (κ2) is 8.43. The topological polar surface area (TPSA) is 83.5 Å². The van der Waals surface area contributed by atoms with Crippen LogP contribution in [0, 0.1) is 0 Å². The smallest absolute Gasteiger partial charge is 0.303 e. The molecule has 0 aliphatic carbocycles. The fourth-order valence-corrected chi connectivity index (χ4v) is 2.02. The second-order valence-corrected chi connectivity index (χ2v) is 5.13. The Morgan fingerprint density at radius 3 is 2.21 bits per heavy atom. The third kappa shape index (κ3) is 5.53. The number of ketones is 1. The van der Waals surface area contributed by atoms with E-state index in [1.54, 1.807) is 30.3 Å². The number of aliphatic carboxylic acids is 1. The first kappa shape index (κ1) is 17.1. The second-order valence-electron chi connectivity index (χ2n) is 5.13. The normalized spacial score (nSPS) is 10.5.